The second kappa shape index (κ2) is 11.4. The summed E-state index contributed by atoms with van der Waals surface area (Å²) in [5.74, 6) is 0. The van der Waals surface area contributed by atoms with Crippen molar-refractivity contribution in [1.29, 1.82) is 0 Å². The summed E-state index contributed by atoms with van der Waals surface area (Å²) in [7, 11) is 7.70. The summed E-state index contributed by atoms with van der Waals surface area (Å²) in [5.41, 5.74) is 16.8. The lowest BCUT2D eigenvalue weighted by Crippen LogP contribution is -2.22. The molecule has 2 radical (unpaired) electrons. The second-order valence-corrected chi connectivity index (χ2v) is 14.9. The molecule has 0 aromatic rings. The average molecular weight is 561 g/mol. The topological polar surface area (TPSA) is 0 Å². The molecule has 7 rings (SSSR count). The van der Waals surface area contributed by atoms with Crippen LogP contribution in [0.2, 0.25) is 5.31 Å². The monoisotopic (exact) mass is 560 g/mol. The van der Waals surface area contributed by atoms with Crippen molar-refractivity contribution < 1.29 is 0 Å². The zero-order valence-electron chi connectivity index (χ0n) is 25.5. The molecular weight excluding hydrogens is 511 g/mol. The lowest BCUT2D eigenvalue weighted by molar-refractivity contribution is 0.458. The van der Waals surface area contributed by atoms with Gasteiger partial charge in [0.15, 0.2) is 0 Å². The molecule has 0 saturated heterocycles. The number of allylic oxidation sites excluding steroid dienone is 14. The van der Waals surface area contributed by atoms with Gasteiger partial charge in [0.1, 0.15) is 0 Å². The van der Waals surface area contributed by atoms with E-state index in [1.165, 1.54) is 127 Å². The van der Waals surface area contributed by atoms with Gasteiger partial charge < -0.3 is 0 Å². The van der Waals surface area contributed by atoms with Crippen molar-refractivity contribution in [3.05, 3.63) is 92.2 Å². The molecule has 0 aromatic carbocycles. The summed E-state index contributed by atoms with van der Waals surface area (Å²) in [6, 6.07) is 0. The van der Waals surface area contributed by atoms with Crippen molar-refractivity contribution in [3.8, 4) is 0 Å². The highest BCUT2D eigenvalue weighted by molar-refractivity contribution is 7.81. The van der Waals surface area contributed by atoms with Gasteiger partial charge in [0, 0.05) is 5.25 Å². The Balaban J connectivity index is 1.35. The van der Waals surface area contributed by atoms with Crippen LogP contribution in [0.25, 0.3) is 0 Å². The Morgan fingerprint density at radius 3 is 1.85 bits per heavy atom. The fraction of sp³-hybridized carbons (Fsp3) is 0.590. The lowest BCUT2D eigenvalue weighted by Gasteiger charge is -2.36. The van der Waals surface area contributed by atoms with Crippen molar-refractivity contribution in [1.82, 2.24) is 0 Å². The van der Waals surface area contributed by atoms with Crippen molar-refractivity contribution in [2.75, 3.05) is 0 Å². The van der Waals surface area contributed by atoms with Crippen molar-refractivity contribution in [2.45, 2.75) is 139 Å². The fourth-order valence-electron chi connectivity index (χ4n) is 9.87. The van der Waals surface area contributed by atoms with Crippen LogP contribution in [0.4, 0.5) is 0 Å². The van der Waals surface area contributed by atoms with E-state index in [4.69, 9.17) is 20.5 Å². The highest BCUT2D eigenvalue weighted by Gasteiger charge is 2.67. The third kappa shape index (κ3) is 4.93. The van der Waals surface area contributed by atoms with E-state index in [1.807, 2.05) is 5.57 Å². The molecule has 41 heavy (non-hydrogen) atoms. The lowest BCUT2D eigenvalue weighted by atomic mass is 9.67. The first-order valence-corrected chi connectivity index (χ1v) is 17.6. The number of hydrogen-bond donors (Lipinski definition) is 1. The molecule has 0 amide bonds. The smallest absolute Gasteiger partial charge is 0.0883 e. The quantitative estimate of drug-likeness (QED) is 0.170. The van der Waals surface area contributed by atoms with Crippen LogP contribution >= 0.6 is 12.6 Å². The summed E-state index contributed by atoms with van der Waals surface area (Å²) in [5, 5.41) is 0.0445. The third-order valence-electron chi connectivity index (χ3n) is 12.1. The number of thiol groups is 1. The van der Waals surface area contributed by atoms with Crippen molar-refractivity contribution in [3.63, 3.8) is 0 Å². The molecule has 0 aliphatic heterocycles. The molecule has 2 saturated carbocycles. The minimum Gasteiger partial charge on any atom is -0.167 e. The van der Waals surface area contributed by atoms with Gasteiger partial charge in [0.25, 0.3) is 0 Å². The summed E-state index contributed by atoms with van der Waals surface area (Å²) < 4.78 is 0. The van der Waals surface area contributed by atoms with Crippen LogP contribution < -0.4 is 0 Å². The molecular formula is C39H49BS. The van der Waals surface area contributed by atoms with Gasteiger partial charge in [-0.05, 0) is 131 Å². The largest absolute Gasteiger partial charge is 0.167 e. The molecule has 7 aliphatic rings. The zero-order chi connectivity index (χ0) is 28.0. The normalized spacial score (nSPS) is 43.0. The number of hydrogen-bond acceptors (Lipinski definition) is 1. The second-order valence-electron chi connectivity index (χ2n) is 14.4. The Morgan fingerprint density at radius 1 is 0.610 bits per heavy atom. The van der Waals surface area contributed by atoms with E-state index in [2.05, 4.69) is 43.4 Å². The summed E-state index contributed by atoms with van der Waals surface area (Å²) >= 11 is 5.44. The van der Waals surface area contributed by atoms with Gasteiger partial charge in [-0.3, -0.25) is 0 Å². The van der Waals surface area contributed by atoms with Crippen LogP contribution in [0.3, 0.4) is 0 Å². The minimum atomic E-state index is -0.307. The van der Waals surface area contributed by atoms with Crippen LogP contribution in [-0.2, 0) is 0 Å². The highest BCUT2D eigenvalue weighted by atomic mass is 32.1. The Kier molecular flexibility index (Phi) is 7.85. The summed E-state index contributed by atoms with van der Waals surface area (Å²) in [4.78, 5) is 0. The highest BCUT2D eigenvalue weighted by Crippen LogP contribution is 2.81. The summed E-state index contributed by atoms with van der Waals surface area (Å²) in [6.07, 6.45) is 37.7. The van der Waals surface area contributed by atoms with Crippen LogP contribution in [0, 0.1) is 5.41 Å². The molecule has 0 spiro atoms. The Hall–Kier alpha value is -1.67. The molecule has 7 aliphatic carbocycles. The first kappa shape index (κ1) is 28.1. The maximum absolute atomic E-state index is 7.70. The van der Waals surface area contributed by atoms with Gasteiger partial charge in [0.2, 0.25) is 0 Å². The fourth-order valence-corrected chi connectivity index (χ4v) is 10.4. The molecule has 0 aromatic heterocycles. The summed E-state index contributed by atoms with van der Waals surface area (Å²) in [6.45, 7) is 2.51. The molecule has 3 unspecified atom stereocenters. The SMILES string of the molecule is [B]C12C3=C(C=C/C=C\C=C/3)CCC/C3=C4/C/C5=C(\CCC3)CCC/C(=C(\C5)C4S)CCC/C3=C/1C2(C)CCCCC3. The Labute approximate surface area is 256 Å². The average Bonchev–Trinajstić information content (AvgIpc) is 3.40. The van der Waals surface area contributed by atoms with Crippen LogP contribution in [-0.4, -0.2) is 13.1 Å². The van der Waals surface area contributed by atoms with E-state index >= 15 is 0 Å². The molecule has 0 nitrogen and oxygen atoms in total. The third-order valence-corrected chi connectivity index (χ3v) is 12.7. The molecule has 0 heterocycles. The van der Waals surface area contributed by atoms with Crippen LogP contribution in [0.1, 0.15) is 129 Å². The first-order valence-electron chi connectivity index (χ1n) is 17.1. The number of rotatable bonds is 0. The van der Waals surface area contributed by atoms with Crippen LogP contribution in [0.5, 0.6) is 0 Å². The molecule has 2 heteroatoms. The predicted octanol–water partition coefficient (Wildman–Crippen LogP) is 11.3. The molecule has 214 valence electrons. The Morgan fingerprint density at radius 2 is 1.17 bits per heavy atom. The van der Waals surface area contributed by atoms with E-state index in [0.29, 0.717) is 5.25 Å². The maximum atomic E-state index is 7.70. The van der Waals surface area contributed by atoms with E-state index in [1.54, 1.807) is 39.0 Å². The molecule has 3 atom stereocenters. The van der Waals surface area contributed by atoms with E-state index in [0.717, 1.165) is 6.42 Å². The molecule has 3 bridgehead atoms. The zero-order valence-corrected chi connectivity index (χ0v) is 26.4. The molecule has 2 fully saturated rings. The van der Waals surface area contributed by atoms with Gasteiger partial charge in [-0.25, -0.2) is 0 Å². The minimum absolute atomic E-state index is 0.106. The van der Waals surface area contributed by atoms with E-state index < -0.39 is 0 Å². The standard InChI is InChI=1S/C39H49BS/c1-38-24-8-4-6-14-31-22-12-20-29-18-10-16-27-15-9-17-28(33-25-32(27)26-34(29)36(33)41)19-11-21-30-13-5-2-3-7-23-35(30)39(38,40)37(31)38/h2-3,5,7,13,23,36,41H,4,6,8-12,14-22,24-26H2,1H3/b3-2-,5-2?,7-3?,13-5?,23-7-,30-13?,32-27-,33-28-,34-29-,35-23?,35-30?,37-31+. The number of fused-ring (bicyclic) bond motifs is 2. The van der Waals surface area contributed by atoms with Crippen molar-refractivity contribution in [2.24, 2.45) is 5.41 Å². The van der Waals surface area contributed by atoms with Gasteiger partial charge in [0.05, 0.1) is 7.85 Å². The van der Waals surface area contributed by atoms with Gasteiger partial charge >= 0.3 is 0 Å². The van der Waals surface area contributed by atoms with E-state index in [9.17, 15) is 0 Å². The van der Waals surface area contributed by atoms with Crippen LogP contribution in [0.15, 0.2) is 92.2 Å². The predicted molar refractivity (Wildman–Crippen MR) is 180 cm³/mol. The van der Waals surface area contributed by atoms with Gasteiger partial charge in [-0.15, -0.1) is 0 Å². The Bertz CT molecular complexity index is 1360. The van der Waals surface area contributed by atoms with Crippen molar-refractivity contribution >= 4 is 20.5 Å². The maximum Gasteiger partial charge on any atom is 0.0883 e. The van der Waals surface area contributed by atoms with E-state index in [-0.39, 0.29) is 10.7 Å². The first-order chi connectivity index (χ1) is 20.0. The van der Waals surface area contributed by atoms with Gasteiger partial charge in [-0.1, -0.05) is 101 Å². The molecule has 0 N–H and O–H groups in total. The van der Waals surface area contributed by atoms with Gasteiger partial charge in [-0.2, -0.15) is 12.6 Å².